The molecule has 0 aliphatic carbocycles. The van der Waals surface area contributed by atoms with E-state index in [1.807, 2.05) is 13.2 Å². The summed E-state index contributed by atoms with van der Waals surface area (Å²) in [5.41, 5.74) is 1.12. The lowest BCUT2D eigenvalue weighted by atomic mass is 10.3. The molecule has 1 heterocycles. The van der Waals surface area contributed by atoms with Gasteiger partial charge in [0.05, 0.1) is 12.0 Å². The lowest BCUT2D eigenvalue weighted by molar-refractivity contribution is 0.636. The van der Waals surface area contributed by atoms with Crippen LogP contribution >= 0.6 is 0 Å². The average molecular weight is 125 g/mol. The highest BCUT2D eigenvalue weighted by Crippen LogP contribution is 2.04. The molecule has 0 spiro atoms. The molecule has 0 aromatic carbocycles. The summed E-state index contributed by atoms with van der Waals surface area (Å²) in [4.78, 5) is 6.91. The Balaban J connectivity index is 2.65. The molecule has 0 amide bonds. The van der Waals surface area contributed by atoms with Crippen LogP contribution < -0.4 is 5.32 Å². The van der Waals surface area contributed by atoms with E-state index in [1.165, 1.54) is 0 Å². The number of hydrogen-bond donors (Lipinski definition) is 2. The smallest absolute Gasteiger partial charge is 0.0922 e. The van der Waals surface area contributed by atoms with Gasteiger partial charge in [-0.3, -0.25) is 0 Å². The van der Waals surface area contributed by atoms with Crippen molar-refractivity contribution in [1.29, 1.82) is 0 Å². The third kappa shape index (κ3) is 1.29. The van der Waals surface area contributed by atoms with Gasteiger partial charge in [0.1, 0.15) is 0 Å². The standard InChI is InChI=1S/C6H11N3/c1-5(7-2)6-3-8-4-9-6/h3-5,7H,1-2H3,(H,8,9). The maximum Gasteiger partial charge on any atom is 0.0922 e. The van der Waals surface area contributed by atoms with E-state index in [2.05, 4.69) is 22.2 Å². The molecule has 1 aromatic rings. The highest BCUT2D eigenvalue weighted by Gasteiger charge is 2.00. The number of imidazole rings is 1. The fourth-order valence-corrected chi connectivity index (χ4v) is 0.659. The van der Waals surface area contributed by atoms with Crippen LogP contribution in [0.1, 0.15) is 18.7 Å². The number of H-pyrrole nitrogens is 1. The predicted molar refractivity (Wildman–Crippen MR) is 36.1 cm³/mol. The minimum atomic E-state index is 0.368. The predicted octanol–water partition coefficient (Wildman–Crippen LogP) is 0.690. The van der Waals surface area contributed by atoms with Crippen LogP contribution in [0.4, 0.5) is 0 Å². The lowest BCUT2D eigenvalue weighted by Gasteiger charge is -2.04. The van der Waals surface area contributed by atoms with Gasteiger partial charge in [-0.15, -0.1) is 0 Å². The third-order valence-corrected chi connectivity index (χ3v) is 1.42. The Bertz CT molecular complexity index is 157. The van der Waals surface area contributed by atoms with Crippen molar-refractivity contribution >= 4 is 0 Å². The van der Waals surface area contributed by atoms with E-state index >= 15 is 0 Å². The number of nitrogens with zero attached hydrogens (tertiary/aromatic N) is 1. The van der Waals surface area contributed by atoms with Crippen molar-refractivity contribution in [3.8, 4) is 0 Å². The summed E-state index contributed by atoms with van der Waals surface area (Å²) in [6.45, 7) is 2.08. The summed E-state index contributed by atoms with van der Waals surface area (Å²) in [5, 5.41) is 3.10. The Hall–Kier alpha value is -0.830. The zero-order valence-corrected chi connectivity index (χ0v) is 5.68. The maximum absolute atomic E-state index is 3.90. The normalized spacial score (nSPS) is 13.6. The summed E-state index contributed by atoms with van der Waals surface area (Å²) in [6.07, 6.45) is 3.50. The van der Waals surface area contributed by atoms with Crippen molar-refractivity contribution in [3.05, 3.63) is 18.2 Å². The molecule has 0 saturated carbocycles. The fraction of sp³-hybridized carbons (Fsp3) is 0.500. The van der Waals surface area contributed by atoms with E-state index in [-0.39, 0.29) is 0 Å². The minimum absolute atomic E-state index is 0.368. The minimum Gasteiger partial charge on any atom is -0.347 e. The highest BCUT2D eigenvalue weighted by atomic mass is 14.9. The Morgan fingerprint density at radius 2 is 2.56 bits per heavy atom. The summed E-state index contributed by atoms with van der Waals surface area (Å²) in [5.74, 6) is 0. The van der Waals surface area contributed by atoms with E-state index in [0.29, 0.717) is 6.04 Å². The summed E-state index contributed by atoms with van der Waals surface area (Å²) < 4.78 is 0. The summed E-state index contributed by atoms with van der Waals surface area (Å²) in [7, 11) is 1.92. The first kappa shape index (κ1) is 6.29. The molecule has 3 heteroatoms. The molecule has 0 radical (unpaired) electrons. The maximum atomic E-state index is 3.90. The van der Waals surface area contributed by atoms with Gasteiger partial charge in [0.2, 0.25) is 0 Å². The van der Waals surface area contributed by atoms with E-state index in [1.54, 1.807) is 6.33 Å². The molecular formula is C6H11N3. The molecule has 50 valence electrons. The molecular weight excluding hydrogens is 114 g/mol. The highest BCUT2D eigenvalue weighted by molar-refractivity contribution is 4.99. The van der Waals surface area contributed by atoms with Gasteiger partial charge in [-0.05, 0) is 14.0 Å². The molecule has 2 N–H and O–H groups in total. The van der Waals surface area contributed by atoms with Crippen molar-refractivity contribution in [2.75, 3.05) is 7.05 Å². The Morgan fingerprint density at radius 3 is 3.00 bits per heavy atom. The molecule has 3 nitrogen and oxygen atoms in total. The van der Waals surface area contributed by atoms with Crippen LogP contribution in [0.2, 0.25) is 0 Å². The van der Waals surface area contributed by atoms with Crippen LogP contribution in [-0.4, -0.2) is 17.0 Å². The van der Waals surface area contributed by atoms with Crippen LogP contribution in [0.25, 0.3) is 0 Å². The zero-order chi connectivity index (χ0) is 6.69. The average Bonchev–Trinajstić information content (AvgIpc) is 2.37. The van der Waals surface area contributed by atoms with Gasteiger partial charge in [0.15, 0.2) is 0 Å². The van der Waals surface area contributed by atoms with Crippen molar-refractivity contribution < 1.29 is 0 Å². The van der Waals surface area contributed by atoms with Crippen LogP contribution in [0, 0.1) is 0 Å². The van der Waals surface area contributed by atoms with Gasteiger partial charge in [0, 0.05) is 12.2 Å². The first-order valence-electron chi connectivity index (χ1n) is 3.00. The first-order chi connectivity index (χ1) is 4.34. The number of rotatable bonds is 2. The van der Waals surface area contributed by atoms with Crippen molar-refractivity contribution in [3.63, 3.8) is 0 Å². The molecule has 0 saturated heterocycles. The Morgan fingerprint density at radius 1 is 1.78 bits per heavy atom. The van der Waals surface area contributed by atoms with Crippen LogP contribution in [0.5, 0.6) is 0 Å². The molecule has 1 aromatic heterocycles. The molecule has 1 atom stereocenters. The second-order valence-corrected chi connectivity index (χ2v) is 2.02. The molecule has 1 rings (SSSR count). The fourth-order valence-electron chi connectivity index (χ4n) is 0.659. The van der Waals surface area contributed by atoms with E-state index in [0.717, 1.165) is 5.69 Å². The molecule has 0 fully saturated rings. The molecule has 1 unspecified atom stereocenters. The third-order valence-electron chi connectivity index (χ3n) is 1.42. The van der Waals surface area contributed by atoms with Crippen LogP contribution in [-0.2, 0) is 0 Å². The number of nitrogens with one attached hydrogen (secondary N) is 2. The van der Waals surface area contributed by atoms with Gasteiger partial charge in [-0.1, -0.05) is 0 Å². The van der Waals surface area contributed by atoms with Gasteiger partial charge < -0.3 is 10.3 Å². The largest absolute Gasteiger partial charge is 0.347 e. The van der Waals surface area contributed by atoms with Gasteiger partial charge in [-0.2, -0.15) is 0 Å². The lowest BCUT2D eigenvalue weighted by Crippen LogP contribution is -2.12. The van der Waals surface area contributed by atoms with E-state index in [9.17, 15) is 0 Å². The van der Waals surface area contributed by atoms with Crippen molar-refractivity contribution in [2.45, 2.75) is 13.0 Å². The number of aromatic amines is 1. The Kier molecular flexibility index (Phi) is 1.85. The second kappa shape index (κ2) is 2.64. The molecule has 0 bridgehead atoms. The van der Waals surface area contributed by atoms with Gasteiger partial charge in [0.25, 0.3) is 0 Å². The number of hydrogen-bond acceptors (Lipinski definition) is 2. The molecule has 0 aliphatic heterocycles. The van der Waals surface area contributed by atoms with E-state index < -0.39 is 0 Å². The van der Waals surface area contributed by atoms with Crippen molar-refractivity contribution in [2.24, 2.45) is 0 Å². The molecule has 9 heavy (non-hydrogen) atoms. The summed E-state index contributed by atoms with van der Waals surface area (Å²) >= 11 is 0. The van der Waals surface area contributed by atoms with E-state index in [4.69, 9.17) is 0 Å². The van der Waals surface area contributed by atoms with Gasteiger partial charge >= 0.3 is 0 Å². The number of aromatic nitrogens is 2. The second-order valence-electron chi connectivity index (χ2n) is 2.02. The SMILES string of the molecule is CNC(C)c1cnc[nH]1. The van der Waals surface area contributed by atoms with Gasteiger partial charge in [-0.25, -0.2) is 4.98 Å². The topological polar surface area (TPSA) is 40.7 Å². The monoisotopic (exact) mass is 125 g/mol. The Labute approximate surface area is 54.5 Å². The summed E-state index contributed by atoms with van der Waals surface area (Å²) in [6, 6.07) is 0.368. The van der Waals surface area contributed by atoms with Crippen LogP contribution in [0.15, 0.2) is 12.5 Å². The molecule has 0 aliphatic rings. The zero-order valence-electron chi connectivity index (χ0n) is 5.68. The quantitative estimate of drug-likeness (QED) is 0.610. The van der Waals surface area contributed by atoms with Crippen molar-refractivity contribution in [1.82, 2.24) is 15.3 Å². The first-order valence-corrected chi connectivity index (χ1v) is 3.00. The van der Waals surface area contributed by atoms with Crippen LogP contribution in [0.3, 0.4) is 0 Å².